The van der Waals surface area contributed by atoms with Crippen LogP contribution in [0.25, 0.3) is 17.1 Å². The molecule has 2 aromatic rings. The number of hydrogen-bond acceptors (Lipinski definition) is 9. The number of ether oxygens (including phenoxy) is 4. The lowest BCUT2D eigenvalue weighted by molar-refractivity contribution is -0.152. The van der Waals surface area contributed by atoms with Gasteiger partial charge < -0.3 is 29.2 Å². The number of methoxy groups -OCH3 is 2. The van der Waals surface area contributed by atoms with Gasteiger partial charge in [-0.25, -0.2) is 19.6 Å². The Bertz CT molecular complexity index is 1470. The van der Waals surface area contributed by atoms with Gasteiger partial charge in [-0.3, -0.25) is 4.79 Å². The van der Waals surface area contributed by atoms with Crippen molar-refractivity contribution in [3.05, 3.63) is 30.0 Å². The highest BCUT2D eigenvalue weighted by molar-refractivity contribution is 5.91. The van der Waals surface area contributed by atoms with E-state index >= 15 is 0 Å². The van der Waals surface area contributed by atoms with E-state index in [4.69, 9.17) is 28.9 Å². The molecular formula is C33H42N4O7. The predicted octanol–water partition coefficient (Wildman–Crippen LogP) is 4.52. The average Bonchev–Trinajstić information content (AvgIpc) is 3.50. The molecule has 0 spiro atoms. The van der Waals surface area contributed by atoms with Crippen LogP contribution in [0.4, 0.5) is 4.79 Å². The normalized spacial score (nSPS) is 31.3. The lowest BCUT2D eigenvalue weighted by atomic mass is 9.85. The zero-order valence-electron chi connectivity index (χ0n) is 26.1. The van der Waals surface area contributed by atoms with Gasteiger partial charge in [0.1, 0.15) is 35.7 Å². The van der Waals surface area contributed by atoms with E-state index in [-0.39, 0.29) is 25.0 Å². The van der Waals surface area contributed by atoms with Gasteiger partial charge in [-0.15, -0.1) is 0 Å². The SMILES string of the molecule is COC(=O)[C@@H]1C[C@@H]2CN1C(=O)[C@H](C(C)(C)C)NC(=O)O[C@@H]1C3C[C@@H]3C[C@H]1CCC/C=C/c1nc3ccc(OC)cc3nc1O2. The Morgan fingerprint density at radius 1 is 1.05 bits per heavy atom. The van der Waals surface area contributed by atoms with Crippen molar-refractivity contribution in [1.82, 2.24) is 20.2 Å². The molecule has 1 aromatic heterocycles. The molecule has 44 heavy (non-hydrogen) atoms. The third kappa shape index (κ3) is 6.05. The molecule has 236 valence electrons. The molecule has 11 heteroatoms. The summed E-state index contributed by atoms with van der Waals surface area (Å²) in [4.78, 5) is 51.5. The van der Waals surface area contributed by atoms with Crippen molar-refractivity contribution < 1.29 is 33.3 Å². The van der Waals surface area contributed by atoms with Crippen molar-refractivity contribution in [2.24, 2.45) is 23.2 Å². The topological polar surface area (TPSA) is 129 Å². The van der Waals surface area contributed by atoms with Gasteiger partial charge in [0.25, 0.3) is 0 Å². The van der Waals surface area contributed by atoms with E-state index in [0.29, 0.717) is 40.2 Å². The first-order valence-electron chi connectivity index (χ1n) is 15.6. The molecule has 2 aliphatic heterocycles. The lowest BCUT2D eigenvalue weighted by Gasteiger charge is -2.35. The van der Waals surface area contributed by atoms with Gasteiger partial charge in [-0.1, -0.05) is 26.8 Å². The first-order valence-corrected chi connectivity index (χ1v) is 15.6. The summed E-state index contributed by atoms with van der Waals surface area (Å²) in [6.07, 6.45) is 7.75. The van der Waals surface area contributed by atoms with Crippen LogP contribution < -0.4 is 14.8 Å². The maximum atomic E-state index is 14.1. The summed E-state index contributed by atoms with van der Waals surface area (Å²) in [7, 11) is 2.89. The van der Waals surface area contributed by atoms with Gasteiger partial charge in [-0.2, -0.15) is 0 Å². The minimum atomic E-state index is -0.930. The molecule has 2 bridgehead atoms. The Hall–Kier alpha value is -3.89. The number of benzene rings is 1. The molecule has 7 atom stereocenters. The molecule has 2 amide bonds. The second-order valence-corrected chi connectivity index (χ2v) is 13.6. The van der Waals surface area contributed by atoms with Crippen molar-refractivity contribution >= 4 is 35.1 Å². The molecule has 3 heterocycles. The van der Waals surface area contributed by atoms with Gasteiger partial charge in [0, 0.05) is 12.5 Å². The van der Waals surface area contributed by atoms with Gasteiger partial charge in [0.15, 0.2) is 0 Å². The third-order valence-corrected chi connectivity index (χ3v) is 9.47. The summed E-state index contributed by atoms with van der Waals surface area (Å²) in [6.45, 7) is 5.75. The number of carbonyl (C=O) groups is 3. The average molecular weight is 607 g/mol. The number of amides is 2. The van der Waals surface area contributed by atoms with Crippen molar-refractivity contribution in [2.75, 3.05) is 20.8 Å². The molecule has 3 fully saturated rings. The van der Waals surface area contributed by atoms with E-state index in [1.807, 2.05) is 39.0 Å². The molecule has 6 rings (SSSR count). The van der Waals surface area contributed by atoms with Crippen LogP contribution >= 0.6 is 0 Å². The van der Waals surface area contributed by atoms with Gasteiger partial charge >= 0.3 is 12.1 Å². The highest BCUT2D eigenvalue weighted by atomic mass is 16.6. The molecule has 0 radical (unpaired) electrons. The molecule has 4 aliphatic rings. The Morgan fingerprint density at radius 2 is 1.86 bits per heavy atom. The molecule has 1 saturated heterocycles. The van der Waals surface area contributed by atoms with Crippen LogP contribution in [0.5, 0.6) is 11.6 Å². The summed E-state index contributed by atoms with van der Waals surface area (Å²) in [5.41, 5.74) is 1.22. The van der Waals surface area contributed by atoms with Crippen LogP contribution in [-0.2, 0) is 19.1 Å². The highest BCUT2D eigenvalue weighted by Gasteiger charge is 2.55. The predicted molar refractivity (Wildman–Crippen MR) is 162 cm³/mol. The van der Waals surface area contributed by atoms with Crippen LogP contribution in [0, 0.1) is 23.2 Å². The quantitative estimate of drug-likeness (QED) is 0.491. The number of esters is 1. The Balaban J connectivity index is 1.37. The molecule has 1 aromatic carbocycles. The van der Waals surface area contributed by atoms with Crippen LogP contribution in [0.2, 0.25) is 0 Å². The number of carbonyl (C=O) groups excluding carboxylic acids is 3. The highest BCUT2D eigenvalue weighted by Crippen LogP contribution is 2.56. The number of allylic oxidation sites excluding steroid dienone is 1. The summed E-state index contributed by atoms with van der Waals surface area (Å²) in [6, 6.07) is 3.67. The van der Waals surface area contributed by atoms with Gasteiger partial charge in [-0.05, 0) is 73.5 Å². The zero-order valence-corrected chi connectivity index (χ0v) is 26.1. The smallest absolute Gasteiger partial charge is 0.408 e. The van der Waals surface area contributed by atoms with Crippen molar-refractivity contribution in [1.29, 1.82) is 0 Å². The van der Waals surface area contributed by atoms with Crippen molar-refractivity contribution in [2.45, 2.75) is 83.6 Å². The summed E-state index contributed by atoms with van der Waals surface area (Å²) >= 11 is 0. The first-order chi connectivity index (χ1) is 21.0. The summed E-state index contributed by atoms with van der Waals surface area (Å²) < 4.78 is 22.9. The maximum Gasteiger partial charge on any atom is 0.408 e. The van der Waals surface area contributed by atoms with E-state index in [2.05, 4.69) is 11.4 Å². The minimum absolute atomic E-state index is 0.108. The van der Waals surface area contributed by atoms with E-state index in [9.17, 15) is 14.4 Å². The third-order valence-electron chi connectivity index (χ3n) is 9.47. The number of aromatic nitrogens is 2. The monoisotopic (exact) mass is 606 g/mol. The molecule has 11 nitrogen and oxygen atoms in total. The van der Waals surface area contributed by atoms with Gasteiger partial charge in [0.2, 0.25) is 11.8 Å². The Morgan fingerprint density at radius 3 is 2.61 bits per heavy atom. The van der Waals surface area contributed by atoms with Crippen LogP contribution in [0.3, 0.4) is 0 Å². The van der Waals surface area contributed by atoms with E-state index in [1.165, 1.54) is 12.0 Å². The summed E-state index contributed by atoms with van der Waals surface area (Å²) in [5, 5.41) is 2.88. The van der Waals surface area contributed by atoms with Crippen LogP contribution in [-0.4, -0.2) is 77.9 Å². The van der Waals surface area contributed by atoms with Gasteiger partial charge in [0.05, 0.1) is 31.8 Å². The fourth-order valence-electron chi connectivity index (χ4n) is 7.06. The first kappa shape index (κ1) is 30.1. The van der Waals surface area contributed by atoms with Crippen molar-refractivity contribution in [3.63, 3.8) is 0 Å². The second-order valence-electron chi connectivity index (χ2n) is 13.6. The Labute approximate surface area is 257 Å². The lowest BCUT2D eigenvalue weighted by Crippen LogP contribution is -2.57. The zero-order chi connectivity index (χ0) is 31.2. The minimum Gasteiger partial charge on any atom is -0.497 e. The van der Waals surface area contributed by atoms with Crippen LogP contribution in [0.15, 0.2) is 24.3 Å². The van der Waals surface area contributed by atoms with Crippen LogP contribution in [0.1, 0.15) is 65.0 Å². The molecule has 2 aliphatic carbocycles. The number of rotatable bonds is 2. The fraction of sp³-hybridized carbons (Fsp3) is 0.606. The fourth-order valence-corrected chi connectivity index (χ4v) is 7.06. The molecule has 1 N–H and O–H groups in total. The number of nitrogens with one attached hydrogen (secondary N) is 1. The maximum absolute atomic E-state index is 14.1. The number of fused-ring (bicyclic) bond motifs is 7. The second kappa shape index (κ2) is 11.9. The number of hydrogen-bond donors (Lipinski definition) is 1. The molecular weight excluding hydrogens is 564 g/mol. The number of nitrogens with zero attached hydrogens (tertiary/aromatic N) is 3. The molecule has 1 unspecified atom stereocenters. The van der Waals surface area contributed by atoms with Crippen molar-refractivity contribution in [3.8, 4) is 11.6 Å². The number of alkyl carbamates (subject to hydrolysis) is 1. The van der Waals surface area contributed by atoms with E-state index < -0.39 is 41.6 Å². The summed E-state index contributed by atoms with van der Waals surface area (Å²) in [5.74, 6) is 1.32. The standard InChI is InChI=1S/C33H42N4O7/c1-33(2,3)28-30(38)37-17-21(16-26(37)31(39)42-5)43-29-24(34-23-12-11-20(41-4)15-25(23)35-29)10-8-6-7-9-18-13-19-14-22(19)27(18)44-32(40)36-28/h8,10-12,15,18-19,21-22,26-28H,6-7,9,13-14,16-17H2,1-5H3,(H,36,40)/b10-8+/t18-,19+,21-,22?,26+,27+,28-/m1/s1. The Kier molecular flexibility index (Phi) is 8.15. The van der Waals surface area contributed by atoms with E-state index in [1.54, 1.807) is 13.2 Å². The molecule has 2 saturated carbocycles. The van der Waals surface area contributed by atoms with E-state index in [0.717, 1.165) is 32.1 Å². The largest absolute Gasteiger partial charge is 0.497 e.